The molecule has 142 valence electrons. The Morgan fingerprint density at radius 3 is 2.85 bits per heavy atom. The monoisotopic (exact) mass is 385 g/mol. The van der Waals surface area contributed by atoms with Crippen LogP contribution in [0.15, 0.2) is 34.2 Å². The topological polar surface area (TPSA) is 60.6 Å². The number of nitrogens with zero attached hydrogens (tertiary/aromatic N) is 3. The Kier molecular flexibility index (Phi) is 5.13. The minimum absolute atomic E-state index is 0.413. The summed E-state index contributed by atoms with van der Waals surface area (Å²) < 4.78 is 16.2. The maximum Gasteiger partial charge on any atom is 0.241 e. The number of methoxy groups -OCH3 is 2. The summed E-state index contributed by atoms with van der Waals surface area (Å²) in [6.07, 6.45) is 2.15. The largest absolute Gasteiger partial charge is 0.493 e. The number of aromatic nitrogens is 2. The molecule has 0 bridgehead atoms. The Labute approximate surface area is 162 Å². The molecule has 6 nitrogen and oxygen atoms in total. The normalized spacial score (nSPS) is 16.9. The summed E-state index contributed by atoms with van der Waals surface area (Å²) in [5.41, 5.74) is 2.29. The van der Waals surface area contributed by atoms with Gasteiger partial charge in [0, 0.05) is 23.0 Å². The molecular formula is C20H23N3O3S. The lowest BCUT2D eigenvalue weighted by Gasteiger charge is -2.34. The van der Waals surface area contributed by atoms with Crippen LogP contribution >= 0.6 is 11.3 Å². The molecule has 0 fully saturated rings. The van der Waals surface area contributed by atoms with Crippen LogP contribution in [0.3, 0.4) is 0 Å². The van der Waals surface area contributed by atoms with Crippen LogP contribution in [0.25, 0.3) is 11.4 Å². The molecule has 4 rings (SSSR count). The first-order chi connectivity index (χ1) is 13.2. The lowest BCUT2D eigenvalue weighted by atomic mass is 9.98. The Bertz CT molecular complexity index is 921. The maximum atomic E-state index is 5.54. The smallest absolute Gasteiger partial charge is 0.241 e. The minimum atomic E-state index is 0.413. The number of hydrogen-bond acceptors (Lipinski definition) is 7. The molecule has 3 aromatic rings. The van der Waals surface area contributed by atoms with E-state index < -0.39 is 0 Å². The van der Waals surface area contributed by atoms with Crippen molar-refractivity contribution in [1.82, 2.24) is 15.0 Å². The van der Waals surface area contributed by atoms with E-state index >= 15 is 0 Å². The number of rotatable bonds is 6. The third-order valence-electron chi connectivity index (χ3n) is 5.04. The van der Waals surface area contributed by atoms with Crippen molar-refractivity contribution in [2.24, 2.45) is 0 Å². The van der Waals surface area contributed by atoms with E-state index in [1.165, 1.54) is 10.4 Å². The van der Waals surface area contributed by atoms with Gasteiger partial charge in [-0.05, 0) is 48.1 Å². The van der Waals surface area contributed by atoms with Crippen molar-refractivity contribution in [3.05, 3.63) is 46.0 Å². The van der Waals surface area contributed by atoms with Crippen LogP contribution in [0.1, 0.15) is 35.7 Å². The fourth-order valence-corrected chi connectivity index (χ4v) is 4.63. The van der Waals surface area contributed by atoms with Gasteiger partial charge in [-0.25, -0.2) is 0 Å². The highest BCUT2D eigenvalue weighted by atomic mass is 32.1. The fourth-order valence-electron chi connectivity index (χ4n) is 3.70. The molecule has 1 atom stereocenters. The van der Waals surface area contributed by atoms with Crippen molar-refractivity contribution in [2.75, 3.05) is 20.8 Å². The van der Waals surface area contributed by atoms with Gasteiger partial charge in [0.2, 0.25) is 11.7 Å². The number of fused-ring (bicyclic) bond motifs is 1. The minimum Gasteiger partial charge on any atom is -0.493 e. The van der Waals surface area contributed by atoms with E-state index in [2.05, 4.69) is 33.4 Å². The summed E-state index contributed by atoms with van der Waals surface area (Å²) in [5, 5.41) is 6.35. The number of benzene rings is 1. The van der Waals surface area contributed by atoms with Crippen molar-refractivity contribution in [3.63, 3.8) is 0 Å². The number of ether oxygens (including phenoxy) is 2. The zero-order valence-electron chi connectivity index (χ0n) is 15.8. The first kappa shape index (κ1) is 18.0. The van der Waals surface area contributed by atoms with E-state index in [9.17, 15) is 0 Å². The van der Waals surface area contributed by atoms with E-state index in [0.29, 0.717) is 35.8 Å². The van der Waals surface area contributed by atoms with Gasteiger partial charge in [0.15, 0.2) is 11.5 Å². The Hall–Kier alpha value is -2.38. The Morgan fingerprint density at radius 1 is 1.22 bits per heavy atom. The highest BCUT2D eigenvalue weighted by Gasteiger charge is 2.28. The third kappa shape index (κ3) is 3.44. The second kappa shape index (κ2) is 7.70. The van der Waals surface area contributed by atoms with E-state index in [-0.39, 0.29) is 0 Å². The Morgan fingerprint density at radius 2 is 2.07 bits per heavy atom. The third-order valence-corrected chi connectivity index (χ3v) is 6.04. The highest BCUT2D eigenvalue weighted by molar-refractivity contribution is 7.10. The molecule has 0 radical (unpaired) electrons. The van der Waals surface area contributed by atoms with Gasteiger partial charge >= 0.3 is 0 Å². The molecule has 0 aliphatic carbocycles. The highest BCUT2D eigenvalue weighted by Crippen LogP contribution is 2.36. The molecule has 1 aliphatic heterocycles. The molecule has 1 aromatic carbocycles. The summed E-state index contributed by atoms with van der Waals surface area (Å²) in [5.74, 6) is 2.52. The second-order valence-corrected chi connectivity index (χ2v) is 7.53. The van der Waals surface area contributed by atoms with E-state index in [0.717, 1.165) is 24.9 Å². The molecule has 0 saturated carbocycles. The molecule has 7 heteroatoms. The molecule has 0 amide bonds. The van der Waals surface area contributed by atoms with Gasteiger partial charge in [-0.2, -0.15) is 4.98 Å². The average Bonchev–Trinajstić information content (AvgIpc) is 3.36. The molecule has 0 saturated heterocycles. The summed E-state index contributed by atoms with van der Waals surface area (Å²) in [7, 11) is 3.23. The first-order valence-electron chi connectivity index (χ1n) is 9.08. The predicted molar refractivity (Wildman–Crippen MR) is 104 cm³/mol. The second-order valence-electron chi connectivity index (χ2n) is 6.53. The van der Waals surface area contributed by atoms with Crippen molar-refractivity contribution in [3.8, 4) is 22.9 Å². The lowest BCUT2D eigenvalue weighted by Crippen LogP contribution is -2.34. The molecular weight excluding hydrogens is 362 g/mol. The summed E-state index contributed by atoms with van der Waals surface area (Å²) in [6.45, 7) is 3.90. The average molecular weight is 385 g/mol. The first-order valence-corrected chi connectivity index (χ1v) is 9.96. The van der Waals surface area contributed by atoms with Gasteiger partial charge in [0.1, 0.15) is 0 Å². The quantitative estimate of drug-likeness (QED) is 0.630. The SMILES string of the molecule is CCC1c2ccsc2CCN1Cc1nc(-c2ccc(OC)c(OC)c2)no1. The van der Waals surface area contributed by atoms with Crippen molar-refractivity contribution in [1.29, 1.82) is 0 Å². The molecule has 0 spiro atoms. The standard InChI is InChI=1S/C20H23N3O3S/c1-4-15-14-8-10-27-18(14)7-9-23(15)12-19-21-20(22-26-19)13-5-6-16(24-2)17(11-13)25-3/h5-6,8,10-11,15H,4,7,9,12H2,1-3H3. The van der Waals surface area contributed by atoms with Gasteiger partial charge < -0.3 is 14.0 Å². The molecule has 2 aromatic heterocycles. The molecule has 1 unspecified atom stereocenters. The van der Waals surface area contributed by atoms with Crippen LogP contribution in [0, 0.1) is 0 Å². The van der Waals surface area contributed by atoms with Gasteiger partial charge in [0.25, 0.3) is 0 Å². The zero-order chi connectivity index (χ0) is 18.8. The fraction of sp³-hybridized carbons (Fsp3) is 0.400. The van der Waals surface area contributed by atoms with Crippen LogP contribution in [-0.4, -0.2) is 35.8 Å². The van der Waals surface area contributed by atoms with Crippen molar-refractivity contribution in [2.45, 2.75) is 32.4 Å². The Balaban J connectivity index is 1.53. The summed E-state index contributed by atoms with van der Waals surface area (Å²) >= 11 is 1.86. The molecule has 27 heavy (non-hydrogen) atoms. The number of thiophene rings is 1. The summed E-state index contributed by atoms with van der Waals surface area (Å²) in [6, 6.07) is 8.28. The van der Waals surface area contributed by atoms with Crippen LogP contribution in [0.2, 0.25) is 0 Å². The van der Waals surface area contributed by atoms with Crippen molar-refractivity contribution >= 4 is 11.3 Å². The van der Waals surface area contributed by atoms with Crippen molar-refractivity contribution < 1.29 is 14.0 Å². The summed E-state index contributed by atoms with van der Waals surface area (Å²) in [4.78, 5) is 8.55. The predicted octanol–water partition coefficient (Wildman–Crippen LogP) is 4.32. The van der Waals surface area contributed by atoms with Gasteiger partial charge in [-0.3, -0.25) is 4.90 Å². The van der Waals surface area contributed by atoms with Crippen LogP contribution < -0.4 is 9.47 Å². The van der Waals surface area contributed by atoms with E-state index in [1.54, 1.807) is 14.2 Å². The zero-order valence-corrected chi connectivity index (χ0v) is 16.6. The molecule has 3 heterocycles. The van der Waals surface area contributed by atoms with Gasteiger partial charge in [-0.1, -0.05) is 12.1 Å². The number of hydrogen-bond donors (Lipinski definition) is 0. The van der Waals surface area contributed by atoms with Crippen LogP contribution in [0.4, 0.5) is 0 Å². The maximum absolute atomic E-state index is 5.54. The molecule has 1 aliphatic rings. The molecule has 0 N–H and O–H groups in total. The van der Waals surface area contributed by atoms with Gasteiger partial charge in [0.05, 0.1) is 20.8 Å². The van der Waals surface area contributed by atoms with E-state index in [4.69, 9.17) is 14.0 Å². The van der Waals surface area contributed by atoms with Crippen LogP contribution in [0.5, 0.6) is 11.5 Å². The van der Waals surface area contributed by atoms with Gasteiger partial charge in [-0.15, -0.1) is 11.3 Å². The lowest BCUT2D eigenvalue weighted by molar-refractivity contribution is 0.151. The van der Waals surface area contributed by atoms with Crippen LogP contribution in [-0.2, 0) is 13.0 Å². The van der Waals surface area contributed by atoms with E-state index in [1.807, 2.05) is 29.5 Å².